The predicted molar refractivity (Wildman–Crippen MR) is 71.0 cm³/mol. The molecular weight excluding hydrogens is 294 g/mol. The summed E-state index contributed by atoms with van der Waals surface area (Å²) in [5.41, 5.74) is 0.308. The highest BCUT2D eigenvalue weighted by Gasteiger charge is 2.22. The molecule has 0 amide bonds. The SMILES string of the molecule is COCCNS(=O)(=O)c1cc(Cl)cc(CO)c1OC. The number of halogens is 1. The highest BCUT2D eigenvalue weighted by molar-refractivity contribution is 7.89. The van der Waals surface area contributed by atoms with Crippen LogP contribution in [0.5, 0.6) is 5.75 Å². The van der Waals surface area contributed by atoms with Crippen molar-refractivity contribution < 1.29 is 23.0 Å². The van der Waals surface area contributed by atoms with Crippen LogP contribution in [0.1, 0.15) is 5.56 Å². The number of aliphatic hydroxyl groups is 1. The summed E-state index contributed by atoms with van der Waals surface area (Å²) in [4.78, 5) is -0.109. The quantitative estimate of drug-likeness (QED) is 0.727. The molecule has 0 heterocycles. The lowest BCUT2D eigenvalue weighted by molar-refractivity contribution is 0.204. The van der Waals surface area contributed by atoms with Crippen molar-refractivity contribution in [2.24, 2.45) is 0 Å². The molecule has 0 unspecified atom stereocenters. The number of nitrogens with one attached hydrogen (secondary N) is 1. The number of sulfonamides is 1. The summed E-state index contributed by atoms with van der Waals surface area (Å²) in [6.07, 6.45) is 0. The van der Waals surface area contributed by atoms with Gasteiger partial charge < -0.3 is 14.6 Å². The molecule has 1 aromatic carbocycles. The Labute approximate surface area is 117 Å². The van der Waals surface area contributed by atoms with E-state index in [2.05, 4.69) is 4.72 Å². The largest absolute Gasteiger partial charge is 0.495 e. The average molecular weight is 310 g/mol. The van der Waals surface area contributed by atoms with Crippen LogP contribution in [0.25, 0.3) is 0 Å². The van der Waals surface area contributed by atoms with Crippen molar-refractivity contribution in [1.82, 2.24) is 4.72 Å². The topological polar surface area (TPSA) is 84.9 Å². The van der Waals surface area contributed by atoms with E-state index in [1.807, 2.05) is 0 Å². The van der Waals surface area contributed by atoms with Crippen molar-refractivity contribution in [3.63, 3.8) is 0 Å². The van der Waals surface area contributed by atoms with Gasteiger partial charge in [-0.3, -0.25) is 0 Å². The molecule has 0 aromatic heterocycles. The molecular formula is C11H16ClNO5S. The third-order valence-electron chi connectivity index (χ3n) is 2.36. The fourth-order valence-electron chi connectivity index (χ4n) is 1.53. The van der Waals surface area contributed by atoms with Crippen LogP contribution >= 0.6 is 11.6 Å². The van der Waals surface area contributed by atoms with E-state index in [9.17, 15) is 13.5 Å². The first-order valence-corrected chi connectivity index (χ1v) is 7.28. The van der Waals surface area contributed by atoms with E-state index < -0.39 is 10.0 Å². The van der Waals surface area contributed by atoms with Gasteiger partial charge in [0.2, 0.25) is 10.0 Å². The van der Waals surface area contributed by atoms with E-state index in [0.717, 1.165) is 0 Å². The molecule has 108 valence electrons. The van der Waals surface area contributed by atoms with E-state index in [0.29, 0.717) is 5.56 Å². The molecule has 6 nitrogen and oxygen atoms in total. The summed E-state index contributed by atoms with van der Waals surface area (Å²) in [7, 11) is -0.981. The average Bonchev–Trinajstić information content (AvgIpc) is 2.37. The lowest BCUT2D eigenvalue weighted by Crippen LogP contribution is -2.27. The highest BCUT2D eigenvalue weighted by Crippen LogP contribution is 2.31. The fourth-order valence-corrected chi connectivity index (χ4v) is 3.08. The Morgan fingerprint density at radius 2 is 2.05 bits per heavy atom. The van der Waals surface area contributed by atoms with E-state index >= 15 is 0 Å². The van der Waals surface area contributed by atoms with Crippen molar-refractivity contribution in [1.29, 1.82) is 0 Å². The minimum absolute atomic E-state index is 0.0804. The van der Waals surface area contributed by atoms with E-state index in [-0.39, 0.29) is 35.4 Å². The lowest BCUT2D eigenvalue weighted by Gasteiger charge is -2.14. The summed E-state index contributed by atoms with van der Waals surface area (Å²) in [6, 6.07) is 2.73. The summed E-state index contributed by atoms with van der Waals surface area (Å²) in [6.45, 7) is 0.00223. The summed E-state index contributed by atoms with van der Waals surface area (Å²) < 4.78 is 36.4. The van der Waals surface area contributed by atoms with Gasteiger partial charge in [0.15, 0.2) is 0 Å². The molecule has 0 bridgehead atoms. The first-order chi connectivity index (χ1) is 8.96. The van der Waals surface area contributed by atoms with Crippen molar-refractivity contribution in [2.75, 3.05) is 27.4 Å². The molecule has 0 aliphatic heterocycles. The zero-order valence-electron chi connectivity index (χ0n) is 10.6. The van der Waals surface area contributed by atoms with Gasteiger partial charge in [-0.15, -0.1) is 0 Å². The number of hydrogen-bond acceptors (Lipinski definition) is 5. The maximum Gasteiger partial charge on any atom is 0.244 e. The second-order valence-corrected chi connectivity index (χ2v) is 5.82. The van der Waals surface area contributed by atoms with Gasteiger partial charge >= 0.3 is 0 Å². The Balaban J connectivity index is 3.21. The second kappa shape index (κ2) is 7.06. The van der Waals surface area contributed by atoms with Crippen LogP contribution in [-0.4, -0.2) is 40.9 Å². The monoisotopic (exact) mass is 309 g/mol. The Morgan fingerprint density at radius 1 is 1.37 bits per heavy atom. The molecule has 0 saturated heterocycles. The van der Waals surface area contributed by atoms with Gasteiger partial charge in [-0.1, -0.05) is 11.6 Å². The molecule has 0 atom stereocenters. The Kier molecular flexibility index (Phi) is 6.02. The van der Waals surface area contributed by atoms with Crippen LogP contribution in [0.2, 0.25) is 5.02 Å². The maximum atomic E-state index is 12.1. The zero-order chi connectivity index (χ0) is 14.5. The fraction of sp³-hybridized carbons (Fsp3) is 0.455. The van der Waals surface area contributed by atoms with Gasteiger partial charge in [0.25, 0.3) is 0 Å². The molecule has 1 aromatic rings. The van der Waals surface area contributed by atoms with Gasteiger partial charge in [-0.25, -0.2) is 13.1 Å². The Hall–Kier alpha value is -0.860. The molecule has 0 aliphatic rings. The molecule has 0 fully saturated rings. The molecule has 2 N–H and O–H groups in total. The summed E-state index contributed by atoms with van der Waals surface area (Å²) in [5.74, 6) is 0.0804. The first kappa shape index (κ1) is 16.2. The molecule has 0 aliphatic carbocycles. The maximum absolute atomic E-state index is 12.1. The first-order valence-electron chi connectivity index (χ1n) is 5.42. The van der Waals surface area contributed by atoms with Crippen molar-refractivity contribution in [3.8, 4) is 5.75 Å². The van der Waals surface area contributed by atoms with Gasteiger partial charge in [0.05, 0.1) is 20.3 Å². The van der Waals surface area contributed by atoms with Crippen LogP contribution in [-0.2, 0) is 21.4 Å². The van der Waals surface area contributed by atoms with Gasteiger partial charge in [-0.05, 0) is 12.1 Å². The van der Waals surface area contributed by atoms with Gasteiger partial charge in [0.1, 0.15) is 10.6 Å². The standard InChI is InChI=1S/C11H16ClNO5S/c1-17-4-3-13-19(15,16)10-6-9(12)5-8(7-14)11(10)18-2/h5-6,13-14H,3-4,7H2,1-2H3. The Morgan fingerprint density at radius 3 is 2.58 bits per heavy atom. The van der Waals surface area contributed by atoms with Crippen LogP contribution in [0.4, 0.5) is 0 Å². The van der Waals surface area contributed by atoms with E-state index in [4.69, 9.17) is 21.1 Å². The van der Waals surface area contributed by atoms with Gasteiger partial charge in [-0.2, -0.15) is 0 Å². The number of ether oxygens (including phenoxy) is 2. The number of hydrogen-bond donors (Lipinski definition) is 2. The number of methoxy groups -OCH3 is 2. The molecule has 0 radical (unpaired) electrons. The van der Waals surface area contributed by atoms with Crippen LogP contribution in [0.3, 0.4) is 0 Å². The third kappa shape index (κ3) is 4.05. The normalized spacial score (nSPS) is 11.6. The zero-order valence-corrected chi connectivity index (χ0v) is 12.2. The van der Waals surface area contributed by atoms with Gasteiger partial charge in [0, 0.05) is 24.2 Å². The number of rotatable bonds is 7. The molecule has 8 heteroatoms. The smallest absolute Gasteiger partial charge is 0.244 e. The van der Waals surface area contributed by atoms with Crippen LogP contribution in [0.15, 0.2) is 17.0 Å². The minimum Gasteiger partial charge on any atom is -0.495 e. The predicted octanol–water partition coefficient (Wildman–Crippen LogP) is 0.766. The molecule has 1 rings (SSSR count). The molecule has 0 spiro atoms. The van der Waals surface area contributed by atoms with Crippen LogP contribution < -0.4 is 9.46 Å². The lowest BCUT2D eigenvalue weighted by atomic mass is 10.2. The van der Waals surface area contributed by atoms with E-state index in [1.165, 1.54) is 26.4 Å². The minimum atomic E-state index is -3.78. The second-order valence-electron chi connectivity index (χ2n) is 3.64. The van der Waals surface area contributed by atoms with Crippen molar-refractivity contribution >= 4 is 21.6 Å². The van der Waals surface area contributed by atoms with Crippen molar-refractivity contribution in [2.45, 2.75) is 11.5 Å². The molecule has 19 heavy (non-hydrogen) atoms. The third-order valence-corrected chi connectivity index (χ3v) is 4.04. The molecule has 0 saturated carbocycles. The number of aliphatic hydroxyl groups excluding tert-OH is 1. The summed E-state index contributed by atoms with van der Waals surface area (Å²) >= 11 is 5.84. The summed E-state index contributed by atoms with van der Waals surface area (Å²) in [5, 5.41) is 9.41. The van der Waals surface area contributed by atoms with Crippen molar-refractivity contribution in [3.05, 3.63) is 22.7 Å². The highest BCUT2D eigenvalue weighted by atomic mass is 35.5. The Bertz CT molecular complexity index is 532. The van der Waals surface area contributed by atoms with Crippen LogP contribution in [0, 0.1) is 0 Å². The number of benzene rings is 1. The van der Waals surface area contributed by atoms with E-state index in [1.54, 1.807) is 0 Å².